The first-order valence-electron chi connectivity index (χ1n) is 4.89. The van der Waals surface area contributed by atoms with Crippen molar-refractivity contribution in [2.24, 2.45) is 10.9 Å². The summed E-state index contributed by atoms with van der Waals surface area (Å²) >= 11 is 0. The van der Waals surface area contributed by atoms with Crippen LogP contribution in [-0.4, -0.2) is 37.0 Å². The molecule has 2 heterocycles. The van der Waals surface area contributed by atoms with Gasteiger partial charge in [-0.3, -0.25) is 4.99 Å². The summed E-state index contributed by atoms with van der Waals surface area (Å²) in [4.78, 5) is 6.82. The molecule has 0 aromatic heterocycles. The molecule has 1 fully saturated rings. The molecule has 0 aromatic carbocycles. The van der Waals surface area contributed by atoms with Gasteiger partial charge in [-0.1, -0.05) is 6.92 Å². The molecule has 0 radical (unpaired) electrons. The summed E-state index contributed by atoms with van der Waals surface area (Å²) < 4.78 is 0. The molecule has 0 spiro atoms. The van der Waals surface area contributed by atoms with Crippen LogP contribution in [0.25, 0.3) is 0 Å². The maximum absolute atomic E-state index is 4.43. The molecule has 0 bridgehead atoms. The van der Waals surface area contributed by atoms with Crippen LogP contribution in [0.5, 0.6) is 0 Å². The van der Waals surface area contributed by atoms with Gasteiger partial charge in [0.15, 0.2) is 5.96 Å². The average Bonchev–Trinajstić information content (AvgIpc) is 2.56. The Kier molecular flexibility index (Phi) is 2.19. The van der Waals surface area contributed by atoms with Gasteiger partial charge in [0, 0.05) is 19.6 Å². The summed E-state index contributed by atoms with van der Waals surface area (Å²) in [5, 5.41) is 3.32. The van der Waals surface area contributed by atoms with Gasteiger partial charge in [0.2, 0.25) is 0 Å². The second-order valence-corrected chi connectivity index (χ2v) is 3.83. The topological polar surface area (TPSA) is 27.6 Å². The lowest BCUT2D eigenvalue weighted by molar-refractivity contribution is 0.268. The lowest BCUT2D eigenvalue weighted by Crippen LogP contribution is -2.44. The molecule has 68 valence electrons. The number of hydrogen-bond acceptors (Lipinski definition) is 3. The molecule has 1 N–H and O–H groups in total. The third-order valence-corrected chi connectivity index (χ3v) is 2.61. The minimum Gasteiger partial charge on any atom is -0.354 e. The van der Waals surface area contributed by atoms with Crippen molar-refractivity contribution in [3.05, 3.63) is 0 Å². The summed E-state index contributed by atoms with van der Waals surface area (Å²) in [6.07, 6.45) is 2.70. The van der Waals surface area contributed by atoms with Gasteiger partial charge >= 0.3 is 0 Å². The van der Waals surface area contributed by atoms with E-state index in [1.54, 1.807) is 0 Å². The van der Waals surface area contributed by atoms with E-state index >= 15 is 0 Å². The maximum atomic E-state index is 4.43. The Hall–Kier alpha value is -0.730. The molecule has 2 aliphatic rings. The van der Waals surface area contributed by atoms with E-state index in [0.717, 1.165) is 25.0 Å². The lowest BCUT2D eigenvalue weighted by Gasteiger charge is -2.32. The SMILES string of the molecule is CC1CCCN(C2=NCCN2)C1. The summed E-state index contributed by atoms with van der Waals surface area (Å²) in [7, 11) is 0. The number of rotatable bonds is 0. The van der Waals surface area contributed by atoms with Crippen LogP contribution in [0.2, 0.25) is 0 Å². The fourth-order valence-corrected chi connectivity index (χ4v) is 1.98. The third kappa shape index (κ3) is 1.54. The molecule has 0 aliphatic carbocycles. The number of guanidine groups is 1. The van der Waals surface area contributed by atoms with Gasteiger partial charge < -0.3 is 10.2 Å². The molecule has 1 atom stereocenters. The van der Waals surface area contributed by atoms with Crippen LogP contribution in [0.3, 0.4) is 0 Å². The number of nitrogens with zero attached hydrogens (tertiary/aromatic N) is 2. The minimum atomic E-state index is 0.837. The van der Waals surface area contributed by atoms with Crippen LogP contribution in [0.15, 0.2) is 4.99 Å². The molecule has 1 unspecified atom stereocenters. The second kappa shape index (κ2) is 3.33. The molecule has 12 heavy (non-hydrogen) atoms. The fourth-order valence-electron chi connectivity index (χ4n) is 1.98. The molecule has 3 heteroatoms. The van der Waals surface area contributed by atoms with Gasteiger partial charge in [-0.15, -0.1) is 0 Å². The zero-order chi connectivity index (χ0) is 8.39. The fraction of sp³-hybridized carbons (Fsp3) is 0.889. The van der Waals surface area contributed by atoms with Gasteiger partial charge in [-0.2, -0.15) is 0 Å². The molecular weight excluding hydrogens is 150 g/mol. The molecule has 1 saturated heterocycles. The Bertz CT molecular complexity index is 188. The predicted octanol–water partition coefficient (Wildman–Crippen LogP) is 0.677. The largest absolute Gasteiger partial charge is 0.354 e. The van der Waals surface area contributed by atoms with Crippen molar-refractivity contribution < 1.29 is 0 Å². The third-order valence-electron chi connectivity index (χ3n) is 2.61. The van der Waals surface area contributed by atoms with Crippen LogP contribution in [-0.2, 0) is 0 Å². The van der Waals surface area contributed by atoms with Gasteiger partial charge in [0.1, 0.15) is 0 Å². The number of piperidine rings is 1. The molecule has 0 amide bonds. The van der Waals surface area contributed by atoms with Gasteiger partial charge in [-0.05, 0) is 18.8 Å². The van der Waals surface area contributed by atoms with Gasteiger partial charge in [-0.25, -0.2) is 0 Å². The summed E-state index contributed by atoms with van der Waals surface area (Å²) in [5.41, 5.74) is 0. The van der Waals surface area contributed by atoms with Crippen LogP contribution in [0.4, 0.5) is 0 Å². The van der Waals surface area contributed by atoms with Crippen molar-refractivity contribution in [3.8, 4) is 0 Å². The number of hydrogen-bond donors (Lipinski definition) is 1. The standard InChI is InChI=1S/C9H17N3/c1-8-3-2-6-12(7-8)9-10-4-5-11-9/h8H,2-7H2,1H3,(H,10,11). The zero-order valence-corrected chi connectivity index (χ0v) is 7.71. The first-order valence-corrected chi connectivity index (χ1v) is 4.89. The summed E-state index contributed by atoms with van der Waals surface area (Å²) in [5.74, 6) is 1.98. The highest BCUT2D eigenvalue weighted by molar-refractivity contribution is 5.81. The Morgan fingerprint density at radius 3 is 3.17 bits per heavy atom. The lowest BCUT2D eigenvalue weighted by atomic mass is 10.0. The van der Waals surface area contributed by atoms with Crippen molar-refractivity contribution in [1.82, 2.24) is 10.2 Å². The Labute approximate surface area is 73.9 Å². The van der Waals surface area contributed by atoms with Gasteiger partial charge in [0.05, 0.1) is 6.54 Å². The van der Waals surface area contributed by atoms with Crippen molar-refractivity contribution in [3.63, 3.8) is 0 Å². The van der Waals surface area contributed by atoms with E-state index in [-0.39, 0.29) is 0 Å². The minimum absolute atomic E-state index is 0.837. The highest BCUT2D eigenvalue weighted by atomic mass is 15.3. The van der Waals surface area contributed by atoms with E-state index in [2.05, 4.69) is 22.1 Å². The number of nitrogens with one attached hydrogen (secondary N) is 1. The molecular formula is C9H17N3. The predicted molar refractivity (Wildman–Crippen MR) is 50.3 cm³/mol. The average molecular weight is 167 g/mol. The van der Waals surface area contributed by atoms with Crippen molar-refractivity contribution in [2.45, 2.75) is 19.8 Å². The van der Waals surface area contributed by atoms with E-state index in [1.807, 2.05) is 0 Å². The van der Waals surface area contributed by atoms with Crippen LogP contribution in [0, 0.1) is 5.92 Å². The van der Waals surface area contributed by atoms with E-state index in [1.165, 1.54) is 25.9 Å². The van der Waals surface area contributed by atoms with E-state index in [0.29, 0.717) is 0 Å². The van der Waals surface area contributed by atoms with Gasteiger partial charge in [0.25, 0.3) is 0 Å². The summed E-state index contributed by atoms with van der Waals surface area (Å²) in [6.45, 7) is 6.68. The molecule has 0 aromatic rings. The van der Waals surface area contributed by atoms with Crippen LogP contribution in [0.1, 0.15) is 19.8 Å². The van der Waals surface area contributed by atoms with E-state index < -0.39 is 0 Å². The number of aliphatic imine (C=N–C) groups is 1. The second-order valence-electron chi connectivity index (χ2n) is 3.83. The van der Waals surface area contributed by atoms with Crippen LogP contribution >= 0.6 is 0 Å². The monoisotopic (exact) mass is 167 g/mol. The highest BCUT2D eigenvalue weighted by Gasteiger charge is 2.20. The quantitative estimate of drug-likeness (QED) is 0.574. The Morgan fingerprint density at radius 2 is 2.50 bits per heavy atom. The van der Waals surface area contributed by atoms with E-state index in [9.17, 15) is 0 Å². The first kappa shape index (κ1) is 7.90. The Morgan fingerprint density at radius 1 is 1.58 bits per heavy atom. The maximum Gasteiger partial charge on any atom is 0.194 e. The smallest absolute Gasteiger partial charge is 0.194 e. The van der Waals surface area contributed by atoms with Crippen molar-refractivity contribution in [2.75, 3.05) is 26.2 Å². The van der Waals surface area contributed by atoms with Crippen LogP contribution < -0.4 is 5.32 Å². The molecule has 0 saturated carbocycles. The zero-order valence-electron chi connectivity index (χ0n) is 7.71. The highest BCUT2D eigenvalue weighted by Crippen LogP contribution is 2.15. The Balaban J connectivity index is 1.94. The summed E-state index contributed by atoms with van der Waals surface area (Å²) in [6, 6.07) is 0. The van der Waals surface area contributed by atoms with Crippen molar-refractivity contribution in [1.29, 1.82) is 0 Å². The normalized spacial score (nSPS) is 29.9. The van der Waals surface area contributed by atoms with E-state index in [4.69, 9.17) is 0 Å². The molecule has 2 rings (SSSR count). The molecule has 2 aliphatic heterocycles. The molecule has 3 nitrogen and oxygen atoms in total. The van der Waals surface area contributed by atoms with Crippen molar-refractivity contribution >= 4 is 5.96 Å². The number of likely N-dealkylation sites (tertiary alicyclic amines) is 1. The first-order chi connectivity index (χ1) is 5.86.